The van der Waals surface area contributed by atoms with Gasteiger partial charge in [-0.15, -0.1) is 0 Å². The summed E-state index contributed by atoms with van der Waals surface area (Å²) < 4.78 is 0. The summed E-state index contributed by atoms with van der Waals surface area (Å²) in [5.74, 6) is -0.409. The van der Waals surface area contributed by atoms with Crippen molar-refractivity contribution in [3.8, 4) is 0 Å². The monoisotopic (exact) mass is 272 g/mol. The fraction of sp³-hybridized carbons (Fsp3) is 0.500. The van der Waals surface area contributed by atoms with Gasteiger partial charge < -0.3 is 10.6 Å². The first-order valence-electron chi connectivity index (χ1n) is 7.43. The highest BCUT2D eigenvalue weighted by Gasteiger charge is 2.32. The summed E-state index contributed by atoms with van der Waals surface area (Å²) in [6.45, 7) is 0. The third-order valence-electron chi connectivity index (χ3n) is 4.27. The molecule has 1 aliphatic heterocycles. The van der Waals surface area contributed by atoms with Gasteiger partial charge in [-0.25, -0.2) is 0 Å². The number of carbonyl (C=O) groups excluding carboxylic acids is 2. The van der Waals surface area contributed by atoms with Gasteiger partial charge in [0.25, 0.3) is 0 Å². The van der Waals surface area contributed by atoms with Gasteiger partial charge in [-0.05, 0) is 24.5 Å². The highest BCUT2D eigenvalue weighted by atomic mass is 16.2. The molecule has 0 aromatic heterocycles. The molecule has 1 unspecified atom stereocenters. The number of carbonyl (C=O) groups is 2. The Balaban J connectivity index is 1.62. The summed E-state index contributed by atoms with van der Waals surface area (Å²) in [7, 11) is 0. The summed E-state index contributed by atoms with van der Waals surface area (Å²) >= 11 is 0. The van der Waals surface area contributed by atoms with E-state index in [0.717, 1.165) is 24.1 Å². The largest absolute Gasteiger partial charge is 0.353 e. The molecule has 20 heavy (non-hydrogen) atoms. The average Bonchev–Trinajstić information content (AvgIpc) is 2.76. The van der Waals surface area contributed by atoms with Crippen molar-refractivity contribution in [1.82, 2.24) is 5.32 Å². The number of benzene rings is 1. The molecule has 1 saturated carbocycles. The predicted octanol–water partition coefficient (Wildman–Crippen LogP) is 2.56. The lowest BCUT2D eigenvalue weighted by atomic mass is 9.94. The van der Waals surface area contributed by atoms with Gasteiger partial charge in [-0.3, -0.25) is 9.59 Å². The highest BCUT2D eigenvalue weighted by molar-refractivity contribution is 6.04. The van der Waals surface area contributed by atoms with Crippen LogP contribution in [-0.2, 0) is 9.59 Å². The number of nitrogens with one attached hydrogen (secondary N) is 2. The standard InChI is InChI=1S/C16H20N2O2/c19-15(17-11-6-2-1-3-7-11)10-13-12-8-4-5-9-14(12)18-16(13)20/h4-5,8-9,11,13H,1-3,6-7,10H2,(H,17,19)(H,18,20). The van der Waals surface area contributed by atoms with E-state index in [1.54, 1.807) is 0 Å². The van der Waals surface area contributed by atoms with E-state index < -0.39 is 0 Å². The number of para-hydroxylation sites is 1. The van der Waals surface area contributed by atoms with Crippen molar-refractivity contribution in [2.24, 2.45) is 0 Å². The lowest BCUT2D eigenvalue weighted by Crippen LogP contribution is -2.37. The Bertz CT molecular complexity index is 521. The third kappa shape index (κ3) is 2.69. The van der Waals surface area contributed by atoms with Crippen LogP contribution in [0, 0.1) is 0 Å². The molecule has 0 bridgehead atoms. The van der Waals surface area contributed by atoms with Crippen molar-refractivity contribution in [3.05, 3.63) is 29.8 Å². The van der Waals surface area contributed by atoms with Crippen molar-refractivity contribution in [2.45, 2.75) is 50.5 Å². The van der Waals surface area contributed by atoms with Crippen molar-refractivity contribution in [3.63, 3.8) is 0 Å². The van der Waals surface area contributed by atoms with Crippen LogP contribution in [0.3, 0.4) is 0 Å². The molecule has 2 aliphatic rings. The summed E-state index contributed by atoms with van der Waals surface area (Å²) in [4.78, 5) is 24.1. The van der Waals surface area contributed by atoms with Gasteiger partial charge in [0.2, 0.25) is 11.8 Å². The first-order valence-corrected chi connectivity index (χ1v) is 7.43. The Hall–Kier alpha value is -1.84. The molecule has 0 spiro atoms. The fourth-order valence-corrected chi connectivity index (χ4v) is 3.20. The smallest absolute Gasteiger partial charge is 0.232 e. The molecule has 2 amide bonds. The van der Waals surface area contributed by atoms with Crippen molar-refractivity contribution in [1.29, 1.82) is 0 Å². The molecule has 0 radical (unpaired) electrons. The van der Waals surface area contributed by atoms with E-state index in [4.69, 9.17) is 0 Å². The Kier molecular flexibility index (Phi) is 3.72. The molecule has 1 aliphatic carbocycles. The van der Waals surface area contributed by atoms with Crippen LogP contribution < -0.4 is 10.6 Å². The number of hydrogen-bond donors (Lipinski definition) is 2. The SMILES string of the molecule is O=C(CC1C(=O)Nc2ccccc21)NC1CCCCC1. The zero-order chi connectivity index (χ0) is 13.9. The van der Waals surface area contributed by atoms with Gasteiger partial charge in [-0.2, -0.15) is 0 Å². The van der Waals surface area contributed by atoms with Crippen LogP contribution in [0.4, 0.5) is 5.69 Å². The first kappa shape index (κ1) is 13.2. The van der Waals surface area contributed by atoms with Crippen LogP contribution in [0.25, 0.3) is 0 Å². The Morgan fingerprint density at radius 2 is 1.95 bits per heavy atom. The number of anilines is 1. The second kappa shape index (κ2) is 5.65. The molecule has 106 valence electrons. The molecule has 4 heteroatoms. The lowest BCUT2D eigenvalue weighted by Gasteiger charge is -2.23. The van der Waals surface area contributed by atoms with E-state index >= 15 is 0 Å². The van der Waals surface area contributed by atoms with Gasteiger partial charge in [0, 0.05) is 18.2 Å². The molecule has 1 fully saturated rings. The Labute approximate surface area is 118 Å². The maximum atomic E-state index is 12.1. The molecule has 1 aromatic rings. The second-order valence-corrected chi connectivity index (χ2v) is 5.74. The van der Waals surface area contributed by atoms with Gasteiger partial charge in [-0.1, -0.05) is 37.5 Å². The molecule has 1 aromatic carbocycles. The summed E-state index contributed by atoms with van der Waals surface area (Å²) in [6.07, 6.45) is 6.04. The third-order valence-corrected chi connectivity index (χ3v) is 4.27. The van der Waals surface area contributed by atoms with Gasteiger partial charge in [0.1, 0.15) is 0 Å². The van der Waals surface area contributed by atoms with E-state index in [1.807, 2.05) is 24.3 Å². The minimum absolute atomic E-state index is 0.00578. The van der Waals surface area contributed by atoms with Gasteiger partial charge in [0.05, 0.1) is 5.92 Å². The molecule has 1 heterocycles. The minimum Gasteiger partial charge on any atom is -0.353 e. The van der Waals surface area contributed by atoms with Crippen molar-refractivity contribution in [2.75, 3.05) is 5.32 Å². The van der Waals surface area contributed by atoms with Crippen LogP contribution in [0.2, 0.25) is 0 Å². The lowest BCUT2D eigenvalue weighted by molar-refractivity contribution is -0.125. The summed E-state index contributed by atoms with van der Waals surface area (Å²) in [5.41, 5.74) is 1.78. The van der Waals surface area contributed by atoms with Crippen LogP contribution in [0.1, 0.15) is 50.0 Å². The number of fused-ring (bicyclic) bond motifs is 1. The zero-order valence-corrected chi connectivity index (χ0v) is 11.5. The van der Waals surface area contributed by atoms with Crippen LogP contribution in [0.5, 0.6) is 0 Å². The first-order chi connectivity index (χ1) is 9.74. The summed E-state index contributed by atoms with van der Waals surface area (Å²) in [5, 5.41) is 5.92. The molecule has 4 nitrogen and oxygen atoms in total. The normalized spacial score (nSPS) is 22.2. The Morgan fingerprint density at radius 3 is 2.75 bits per heavy atom. The van der Waals surface area contributed by atoms with Crippen molar-refractivity contribution < 1.29 is 9.59 Å². The molecule has 0 saturated heterocycles. The number of hydrogen-bond acceptors (Lipinski definition) is 2. The number of rotatable bonds is 3. The molecular weight excluding hydrogens is 252 g/mol. The summed E-state index contributed by atoms with van der Waals surface area (Å²) in [6, 6.07) is 7.91. The highest BCUT2D eigenvalue weighted by Crippen LogP contribution is 2.34. The average molecular weight is 272 g/mol. The van der Waals surface area contributed by atoms with Crippen LogP contribution >= 0.6 is 0 Å². The molecule has 3 rings (SSSR count). The van der Waals surface area contributed by atoms with Crippen LogP contribution in [-0.4, -0.2) is 17.9 Å². The van der Waals surface area contributed by atoms with Gasteiger partial charge >= 0.3 is 0 Å². The maximum Gasteiger partial charge on any atom is 0.232 e. The van der Waals surface area contributed by atoms with E-state index in [0.29, 0.717) is 6.04 Å². The van der Waals surface area contributed by atoms with E-state index in [2.05, 4.69) is 10.6 Å². The number of amides is 2. The minimum atomic E-state index is -0.338. The topological polar surface area (TPSA) is 58.2 Å². The quantitative estimate of drug-likeness (QED) is 0.888. The zero-order valence-electron chi connectivity index (χ0n) is 11.5. The van der Waals surface area contributed by atoms with Crippen molar-refractivity contribution >= 4 is 17.5 Å². The van der Waals surface area contributed by atoms with Gasteiger partial charge in [0.15, 0.2) is 0 Å². The predicted molar refractivity (Wildman–Crippen MR) is 77.4 cm³/mol. The van der Waals surface area contributed by atoms with E-state index in [-0.39, 0.29) is 24.2 Å². The van der Waals surface area contributed by atoms with Crippen LogP contribution in [0.15, 0.2) is 24.3 Å². The molecule has 2 N–H and O–H groups in total. The van der Waals surface area contributed by atoms with E-state index in [1.165, 1.54) is 19.3 Å². The molecular formula is C16H20N2O2. The van der Waals surface area contributed by atoms with E-state index in [9.17, 15) is 9.59 Å². The molecule has 1 atom stereocenters. The maximum absolute atomic E-state index is 12.1. The fourth-order valence-electron chi connectivity index (χ4n) is 3.20. The Morgan fingerprint density at radius 1 is 1.20 bits per heavy atom. The second-order valence-electron chi connectivity index (χ2n) is 5.74.